The molecule has 0 aromatic carbocycles. The molecule has 0 aliphatic rings. The predicted octanol–water partition coefficient (Wildman–Crippen LogP) is 14.3. The molecule has 0 radical (unpaired) electrons. The lowest BCUT2D eigenvalue weighted by molar-refractivity contribution is -0.887. The van der Waals surface area contributed by atoms with Crippen LogP contribution in [0, 0.1) is 0 Å². The average molecular weight is 837 g/mol. The Labute approximate surface area is 365 Å². The van der Waals surface area contributed by atoms with Crippen molar-refractivity contribution in [1.82, 2.24) is 0 Å². The number of rotatable bonds is 46. The summed E-state index contributed by atoms with van der Waals surface area (Å²) in [7, 11) is 5.54. The minimum Gasteiger partial charge on any atom is -0.477 e. The summed E-state index contributed by atoms with van der Waals surface area (Å²) in [5.74, 6) is -1.46. The maximum Gasteiger partial charge on any atom is 0.362 e. The number of likely N-dealkylation sites (N-methyl/N-ethyl adjacent to an activating group) is 1. The first-order valence-corrected chi connectivity index (χ1v) is 25.2. The van der Waals surface area contributed by atoms with E-state index in [0.29, 0.717) is 19.3 Å². The minimum atomic E-state index is -0.872. The van der Waals surface area contributed by atoms with Gasteiger partial charge in [0, 0.05) is 19.3 Å². The van der Waals surface area contributed by atoms with Gasteiger partial charge >= 0.3 is 17.9 Å². The second-order valence-electron chi connectivity index (χ2n) is 18.4. The van der Waals surface area contributed by atoms with E-state index in [2.05, 4.69) is 26.0 Å². The zero-order chi connectivity index (χ0) is 43.5. The molecule has 2 atom stereocenters. The van der Waals surface area contributed by atoms with Gasteiger partial charge in [-0.05, 0) is 38.5 Å². The van der Waals surface area contributed by atoms with Gasteiger partial charge in [-0.2, -0.15) is 0 Å². The van der Waals surface area contributed by atoms with Crippen molar-refractivity contribution in [1.29, 1.82) is 0 Å². The van der Waals surface area contributed by atoms with Gasteiger partial charge in [0.1, 0.15) is 6.61 Å². The van der Waals surface area contributed by atoms with Crippen molar-refractivity contribution < 1.29 is 38.2 Å². The summed E-state index contributed by atoms with van der Waals surface area (Å²) in [6.45, 7) is 4.77. The molecule has 8 heteroatoms. The summed E-state index contributed by atoms with van der Waals surface area (Å²) in [5, 5.41) is 9.64. The van der Waals surface area contributed by atoms with E-state index in [1.54, 1.807) is 0 Å². The molecule has 0 amide bonds. The maximum atomic E-state index is 12.8. The zero-order valence-corrected chi connectivity index (χ0v) is 39.7. The topological polar surface area (TPSA) is 99.1 Å². The average Bonchev–Trinajstić information content (AvgIpc) is 3.19. The summed E-state index contributed by atoms with van der Waals surface area (Å²) in [6, 6.07) is -0.612. The van der Waals surface area contributed by atoms with Gasteiger partial charge in [0.25, 0.3) is 0 Å². The van der Waals surface area contributed by atoms with E-state index in [0.717, 1.165) is 51.4 Å². The molecule has 0 heterocycles. The van der Waals surface area contributed by atoms with Gasteiger partial charge in [0.15, 0.2) is 12.1 Å². The normalized spacial score (nSPS) is 12.9. The second kappa shape index (κ2) is 42.7. The largest absolute Gasteiger partial charge is 0.477 e. The number of allylic oxidation sites excluding steroid dienone is 2. The first-order valence-electron chi connectivity index (χ1n) is 25.2. The summed E-state index contributed by atoms with van der Waals surface area (Å²) in [5.41, 5.74) is 0. The van der Waals surface area contributed by atoms with Crippen LogP contribution in [-0.2, 0) is 28.6 Å². The van der Waals surface area contributed by atoms with Crippen molar-refractivity contribution in [3.63, 3.8) is 0 Å². The van der Waals surface area contributed by atoms with Crippen LogP contribution in [0.5, 0.6) is 0 Å². The third-order valence-electron chi connectivity index (χ3n) is 11.7. The number of carbonyl (C=O) groups is 3. The molecule has 0 rings (SSSR count). The minimum absolute atomic E-state index is 0.0478. The molecular formula is C51H98NO7+. The lowest BCUT2D eigenvalue weighted by Crippen LogP contribution is -2.50. The molecule has 8 nitrogen and oxygen atoms in total. The van der Waals surface area contributed by atoms with Gasteiger partial charge in [-0.15, -0.1) is 0 Å². The fraction of sp³-hybridized carbons (Fsp3) is 0.902. The number of nitrogens with zero attached hydrogens (tertiary/aromatic N) is 1. The number of carboxylic acids is 1. The Hall–Kier alpha value is -1.93. The molecule has 1 N–H and O–H groups in total. The molecule has 0 aromatic rings. The van der Waals surface area contributed by atoms with Gasteiger partial charge < -0.3 is 23.8 Å². The van der Waals surface area contributed by atoms with Crippen LogP contribution in [0.1, 0.15) is 245 Å². The maximum absolute atomic E-state index is 12.8. The number of esters is 2. The Morgan fingerprint density at radius 3 is 1.22 bits per heavy atom. The van der Waals surface area contributed by atoms with Crippen LogP contribution in [-0.4, -0.2) is 80.6 Å². The van der Waals surface area contributed by atoms with Crippen LogP contribution in [0.4, 0.5) is 0 Å². The quantitative estimate of drug-likeness (QED) is 0.0282. The summed E-state index contributed by atoms with van der Waals surface area (Å²) in [6.07, 6.45) is 46.9. The highest BCUT2D eigenvalue weighted by atomic mass is 16.6. The molecule has 0 spiro atoms. The van der Waals surface area contributed by atoms with E-state index in [-0.39, 0.29) is 36.2 Å². The highest BCUT2D eigenvalue weighted by Gasteiger charge is 2.31. The van der Waals surface area contributed by atoms with Crippen molar-refractivity contribution in [2.24, 2.45) is 0 Å². The lowest BCUT2D eigenvalue weighted by Gasteiger charge is -2.31. The van der Waals surface area contributed by atoms with Gasteiger partial charge in [0.05, 0.1) is 34.4 Å². The van der Waals surface area contributed by atoms with Crippen LogP contribution in [0.3, 0.4) is 0 Å². The number of unbranched alkanes of at least 4 members (excludes halogenated alkanes) is 30. The fourth-order valence-corrected chi connectivity index (χ4v) is 7.74. The van der Waals surface area contributed by atoms with E-state index in [1.807, 2.05) is 21.1 Å². The molecule has 0 aromatic heterocycles. The molecule has 0 saturated carbocycles. The third kappa shape index (κ3) is 41.2. The predicted molar refractivity (Wildman–Crippen MR) is 248 cm³/mol. The number of aliphatic carboxylic acids is 1. The number of hydrogen-bond donors (Lipinski definition) is 1. The second-order valence-corrected chi connectivity index (χ2v) is 18.4. The Bertz CT molecular complexity index is 978. The van der Waals surface area contributed by atoms with Gasteiger partial charge in [0.2, 0.25) is 0 Å². The Morgan fingerprint density at radius 2 is 0.847 bits per heavy atom. The van der Waals surface area contributed by atoms with Crippen molar-refractivity contribution in [2.45, 2.75) is 257 Å². The first-order chi connectivity index (χ1) is 28.6. The molecule has 2 unspecified atom stereocenters. The van der Waals surface area contributed by atoms with Crippen molar-refractivity contribution in [3.8, 4) is 0 Å². The van der Waals surface area contributed by atoms with E-state index >= 15 is 0 Å². The Morgan fingerprint density at radius 1 is 0.492 bits per heavy atom. The highest BCUT2D eigenvalue weighted by molar-refractivity contribution is 5.72. The number of quaternary nitrogens is 1. The monoisotopic (exact) mass is 837 g/mol. The number of hydrogen-bond acceptors (Lipinski definition) is 6. The van der Waals surface area contributed by atoms with Gasteiger partial charge in [-0.25, -0.2) is 4.79 Å². The molecule has 0 aliphatic carbocycles. The molecule has 0 saturated heterocycles. The molecule has 348 valence electrons. The van der Waals surface area contributed by atoms with Crippen LogP contribution in [0.15, 0.2) is 12.2 Å². The van der Waals surface area contributed by atoms with Crippen LogP contribution >= 0.6 is 0 Å². The van der Waals surface area contributed by atoms with E-state index in [9.17, 15) is 19.5 Å². The number of carboxylic acid groups (broad SMARTS) is 1. The highest BCUT2D eigenvalue weighted by Crippen LogP contribution is 2.16. The fourth-order valence-electron chi connectivity index (χ4n) is 7.74. The summed E-state index contributed by atoms with van der Waals surface area (Å²) >= 11 is 0. The lowest BCUT2D eigenvalue weighted by atomic mass is 10.0. The van der Waals surface area contributed by atoms with Gasteiger partial charge in [-0.3, -0.25) is 9.59 Å². The van der Waals surface area contributed by atoms with Crippen molar-refractivity contribution in [3.05, 3.63) is 12.2 Å². The van der Waals surface area contributed by atoms with Crippen LogP contribution < -0.4 is 0 Å². The third-order valence-corrected chi connectivity index (χ3v) is 11.7. The number of carbonyl (C=O) groups excluding carboxylic acids is 2. The smallest absolute Gasteiger partial charge is 0.362 e. The van der Waals surface area contributed by atoms with Crippen molar-refractivity contribution >= 4 is 17.9 Å². The van der Waals surface area contributed by atoms with E-state index in [4.69, 9.17) is 14.2 Å². The van der Waals surface area contributed by atoms with Crippen LogP contribution in [0.25, 0.3) is 0 Å². The Kier molecular flexibility index (Phi) is 41.3. The SMILES string of the molecule is CCCCCCCC/C=C\CCCCCCCC(=O)OC(COCCC(C(=O)O)[N+](C)(C)C)COC(=O)CCCCCCCCCCCCCCCCCCCCCC. The Balaban J connectivity index is 4.21. The molecule has 0 aliphatic heterocycles. The van der Waals surface area contributed by atoms with E-state index in [1.165, 1.54) is 161 Å². The molecule has 59 heavy (non-hydrogen) atoms. The molecule has 0 bridgehead atoms. The number of ether oxygens (including phenoxy) is 3. The zero-order valence-electron chi connectivity index (χ0n) is 39.7. The molecule has 0 fully saturated rings. The van der Waals surface area contributed by atoms with Gasteiger partial charge in [-0.1, -0.05) is 199 Å². The summed E-state index contributed by atoms with van der Waals surface area (Å²) in [4.78, 5) is 37.1. The first kappa shape index (κ1) is 57.1. The van der Waals surface area contributed by atoms with Crippen molar-refractivity contribution in [2.75, 3.05) is 41.0 Å². The summed E-state index contributed by atoms with van der Waals surface area (Å²) < 4.78 is 17.3. The van der Waals surface area contributed by atoms with Crippen LogP contribution in [0.2, 0.25) is 0 Å². The molecular weight excluding hydrogens is 739 g/mol. The van der Waals surface area contributed by atoms with E-state index < -0.39 is 18.1 Å². The standard InChI is InChI=1S/C51H97NO7/c1-6-8-10-12-14-16-18-20-22-23-24-25-26-28-29-31-33-35-37-39-41-49(53)58-46-47(45-57-44-43-48(51(55)56)52(3,4)5)59-50(54)42-40-38-36-34-32-30-27-21-19-17-15-13-11-9-7-2/h21,27,47-48H,6-20,22-26,28-46H2,1-5H3/p+1/b27-21-.